The normalized spacial score (nSPS) is 12.7. The zero-order valence-corrected chi connectivity index (χ0v) is 10.6. The fourth-order valence-corrected chi connectivity index (χ4v) is 2.66. The summed E-state index contributed by atoms with van der Waals surface area (Å²) in [5, 5.41) is 9.63. The first-order chi connectivity index (χ1) is 7.58. The summed E-state index contributed by atoms with van der Waals surface area (Å²) in [7, 11) is 1.66. The van der Waals surface area contributed by atoms with Crippen LogP contribution in [0.4, 0.5) is 0 Å². The number of carboxylic acid groups (broad SMARTS) is 1. The van der Waals surface area contributed by atoms with Crippen molar-refractivity contribution in [2.45, 2.75) is 39.2 Å². The lowest BCUT2D eigenvalue weighted by Crippen LogP contribution is -2.00. The topological polar surface area (TPSA) is 59.4 Å². The highest BCUT2D eigenvalue weighted by molar-refractivity contribution is 7.11. The highest BCUT2D eigenvalue weighted by Gasteiger charge is 2.17. The van der Waals surface area contributed by atoms with E-state index in [1.54, 1.807) is 7.11 Å². The van der Waals surface area contributed by atoms with Gasteiger partial charge in [-0.1, -0.05) is 13.3 Å². The summed E-state index contributed by atoms with van der Waals surface area (Å²) in [6.07, 6.45) is 1.98. The van der Waals surface area contributed by atoms with E-state index in [-0.39, 0.29) is 12.5 Å². The molecule has 5 heteroatoms. The number of aryl methyl sites for hydroxylation is 1. The van der Waals surface area contributed by atoms with Crippen molar-refractivity contribution in [3.05, 3.63) is 15.6 Å². The first kappa shape index (κ1) is 13.1. The molecule has 0 amide bonds. The predicted octanol–water partition coefficient (Wildman–Crippen LogP) is 2.57. The molecule has 0 saturated carbocycles. The van der Waals surface area contributed by atoms with Gasteiger partial charge in [-0.05, 0) is 13.3 Å². The molecule has 90 valence electrons. The average molecular weight is 243 g/mol. The Morgan fingerprint density at radius 3 is 2.81 bits per heavy atom. The number of carboxylic acids is 1. The number of rotatable bonds is 6. The van der Waals surface area contributed by atoms with Gasteiger partial charge < -0.3 is 9.84 Å². The zero-order valence-electron chi connectivity index (χ0n) is 9.82. The maximum absolute atomic E-state index is 10.6. The molecule has 1 heterocycles. The second-order valence-corrected chi connectivity index (χ2v) is 4.76. The van der Waals surface area contributed by atoms with Crippen LogP contribution < -0.4 is 0 Å². The summed E-state index contributed by atoms with van der Waals surface area (Å²) in [6, 6.07) is 0. The average Bonchev–Trinajstić information content (AvgIpc) is 2.56. The number of ether oxygens (including phenoxy) is 1. The summed E-state index contributed by atoms with van der Waals surface area (Å²) in [6.45, 7) is 3.93. The highest BCUT2D eigenvalue weighted by atomic mass is 32.1. The molecular weight excluding hydrogens is 226 g/mol. The second-order valence-electron chi connectivity index (χ2n) is 3.64. The summed E-state index contributed by atoms with van der Waals surface area (Å²) in [5.74, 6) is -0.817. The van der Waals surface area contributed by atoms with Crippen LogP contribution >= 0.6 is 11.3 Å². The molecule has 0 radical (unpaired) electrons. The van der Waals surface area contributed by atoms with E-state index < -0.39 is 5.97 Å². The number of thiazole rings is 1. The van der Waals surface area contributed by atoms with Gasteiger partial charge in [0.2, 0.25) is 0 Å². The minimum Gasteiger partial charge on any atom is -0.481 e. The molecule has 4 nitrogen and oxygen atoms in total. The Kier molecular flexibility index (Phi) is 4.89. The van der Waals surface area contributed by atoms with Gasteiger partial charge in [0.15, 0.2) is 0 Å². The monoisotopic (exact) mass is 243 g/mol. The third-order valence-corrected chi connectivity index (χ3v) is 3.58. The molecule has 1 N–H and O–H groups in total. The quantitative estimate of drug-likeness (QED) is 0.834. The summed E-state index contributed by atoms with van der Waals surface area (Å²) in [5.41, 5.74) is 0.806. The maximum atomic E-state index is 10.6. The summed E-state index contributed by atoms with van der Waals surface area (Å²) >= 11 is 1.44. The van der Waals surface area contributed by atoms with Crippen LogP contribution in [-0.2, 0) is 16.0 Å². The Balaban J connectivity index is 2.85. The number of aliphatic carboxylic acids is 1. The van der Waals surface area contributed by atoms with Crippen LogP contribution in [0.15, 0.2) is 0 Å². The summed E-state index contributed by atoms with van der Waals surface area (Å²) in [4.78, 5) is 15.8. The van der Waals surface area contributed by atoms with Crippen molar-refractivity contribution in [3.8, 4) is 0 Å². The minimum absolute atomic E-state index is 0.00348. The van der Waals surface area contributed by atoms with E-state index in [2.05, 4.69) is 11.9 Å². The lowest BCUT2D eigenvalue weighted by Gasteiger charge is -2.10. The molecule has 0 aliphatic rings. The molecule has 0 aliphatic carbocycles. The van der Waals surface area contributed by atoms with E-state index in [1.165, 1.54) is 11.3 Å². The van der Waals surface area contributed by atoms with Crippen molar-refractivity contribution in [1.29, 1.82) is 0 Å². The van der Waals surface area contributed by atoms with Crippen molar-refractivity contribution >= 4 is 17.3 Å². The number of hydrogen-bond acceptors (Lipinski definition) is 4. The molecule has 1 atom stereocenters. The maximum Gasteiger partial charge on any atom is 0.308 e. The SMILES string of the molecule is CCCC(OC)c1nc(C)c(CC(=O)O)s1. The number of methoxy groups -OCH3 is 1. The Hall–Kier alpha value is -0.940. The molecule has 16 heavy (non-hydrogen) atoms. The third-order valence-electron chi connectivity index (χ3n) is 2.33. The molecule has 0 aromatic carbocycles. The standard InChI is InChI=1S/C11H17NO3S/c1-4-5-8(15-3)11-12-7(2)9(16-11)6-10(13)14/h8H,4-6H2,1-3H3,(H,13,14). The highest BCUT2D eigenvalue weighted by Crippen LogP contribution is 2.28. The lowest BCUT2D eigenvalue weighted by molar-refractivity contribution is -0.136. The Bertz CT molecular complexity index is 362. The minimum atomic E-state index is -0.817. The van der Waals surface area contributed by atoms with Gasteiger partial charge in [0.1, 0.15) is 11.1 Å². The van der Waals surface area contributed by atoms with Crippen molar-refractivity contribution < 1.29 is 14.6 Å². The largest absolute Gasteiger partial charge is 0.481 e. The van der Waals surface area contributed by atoms with Crippen LogP contribution in [-0.4, -0.2) is 23.2 Å². The molecule has 0 spiro atoms. The van der Waals surface area contributed by atoms with Crippen LogP contribution in [0.2, 0.25) is 0 Å². The van der Waals surface area contributed by atoms with E-state index in [4.69, 9.17) is 9.84 Å². The van der Waals surface area contributed by atoms with Gasteiger partial charge in [0.25, 0.3) is 0 Å². The van der Waals surface area contributed by atoms with Gasteiger partial charge in [0.05, 0.1) is 12.1 Å². The van der Waals surface area contributed by atoms with Crippen LogP contribution in [0.5, 0.6) is 0 Å². The molecule has 0 aliphatic heterocycles. The van der Waals surface area contributed by atoms with Crippen molar-refractivity contribution in [2.24, 2.45) is 0 Å². The molecule has 1 aromatic rings. The van der Waals surface area contributed by atoms with E-state index >= 15 is 0 Å². The molecule has 1 aromatic heterocycles. The van der Waals surface area contributed by atoms with Gasteiger partial charge in [0, 0.05) is 12.0 Å². The van der Waals surface area contributed by atoms with Crippen molar-refractivity contribution in [3.63, 3.8) is 0 Å². The zero-order chi connectivity index (χ0) is 12.1. The van der Waals surface area contributed by atoms with Crippen molar-refractivity contribution in [1.82, 2.24) is 4.98 Å². The van der Waals surface area contributed by atoms with E-state index in [0.717, 1.165) is 28.4 Å². The lowest BCUT2D eigenvalue weighted by atomic mass is 10.2. The Labute approximate surface area is 99.3 Å². The van der Waals surface area contributed by atoms with Crippen LogP contribution in [0.3, 0.4) is 0 Å². The molecule has 1 rings (SSSR count). The number of hydrogen-bond donors (Lipinski definition) is 1. The number of aromatic nitrogens is 1. The van der Waals surface area contributed by atoms with Crippen molar-refractivity contribution in [2.75, 3.05) is 7.11 Å². The first-order valence-electron chi connectivity index (χ1n) is 5.29. The number of carbonyl (C=O) groups is 1. The van der Waals surface area contributed by atoms with E-state index in [9.17, 15) is 4.79 Å². The fourth-order valence-electron chi connectivity index (χ4n) is 1.49. The second kappa shape index (κ2) is 5.96. The molecule has 0 bridgehead atoms. The Morgan fingerprint density at radius 2 is 2.31 bits per heavy atom. The van der Waals surface area contributed by atoms with Crippen LogP contribution in [0.1, 0.15) is 41.4 Å². The first-order valence-corrected chi connectivity index (χ1v) is 6.10. The molecular formula is C11H17NO3S. The van der Waals surface area contributed by atoms with Gasteiger partial charge >= 0.3 is 5.97 Å². The van der Waals surface area contributed by atoms with Crippen LogP contribution in [0, 0.1) is 6.92 Å². The van der Waals surface area contributed by atoms with Crippen LogP contribution in [0.25, 0.3) is 0 Å². The molecule has 0 saturated heterocycles. The molecule has 0 fully saturated rings. The van der Waals surface area contributed by atoms with E-state index in [0.29, 0.717) is 0 Å². The van der Waals surface area contributed by atoms with Gasteiger partial charge in [-0.2, -0.15) is 0 Å². The fraction of sp³-hybridized carbons (Fsp3) is 0.636. The van der Waals surface area contributed by atoms with Gasteiger partial charge in [-0.25, -0.2) is 4.98 Å². The Morgan fingerprint density at radius 1 is 1.62 bits per heavy atom. The summed E-state index contributed by atoms with van der Waals surface area (Å²) < 4.78 is 5.35. The van der Waals surface area contributed by atoms with E-state index in [1.807, 2.05) is 6.92 Å². The van der Waals surface area contributed by atoms with Gasteiger partial charge in [-0.15, -0.1) is 11.3 Å². The third kappa shape index (κ3) is 3.28. The van der Waals surface area contributed by atoms with Gasteiger partial charge in [-0.3, -0.25) is 4.79 Å². The smallest absolute Gasteiger partial charge is 0.308 e. The predicted molar refractivity (Wildman–Crippen MR) is 62.8 cm³/mol. The molecule has 1 unspecified atom stereocenters. The number of nitrogens with zero attached hydrogens (tertiary/aromatic N) is 1.